The Morgan fingerprint density at radius 2 is 0.694 bits per heavy atom. The molecule has 0 aliphatic carbocycles. The molecular formula is C28H20N2O6. The molecule has 8 heteroatoms. The molecule has 0 saturated carbocycles. The van der Waals surface area contributed by atoms with Gasteiger partial charge in [0.1, 0.15) is 0 Å². The van der Waals surface area contributed by atoms with Crippen LogP contribution in [-0.4, -0.2) is 34.0 Å². The molecule has 0 aliphatic rings. The fourth-order valence-electron chi connectivity index (χ4n) is 3.43. The molecule has 0 aromatic heterocycles. The highest BCUT2D eigenvalue weighted by Crippen LogP contribution is 2.22. The van der Waals surface area contributed by atoms with Crippen molar-refractivity contribution in [3.63, 3.8) is 0 Å². The second kappa shape index (κ2) is 10.4. The van der Waals surface area contributed by atoms with Gasteiger partial charge >= 0.3 is 11.9 Å². The molecule has 0 bridgehead atoms. The molecule has 0 heterocycles. The minimum absolute atomic E-state index is 0.134. The average molecular weight is 480 g/mol. The van der Waals surface area contributed by atoms with Crippen molar-refractivity contribution in [3.05, 3.63) is 119 Å². The third-order valence-electron chi connectivity index (χ3n) is 5.41. The molecule has 0 atom stereocenters. The Labute approximate surface area is 205 Å². The number of benzene rings is 4. The highest BCUT2D eigenvalue weighted by molar-refractivity contribution is 6.05. The summed E-state index contributed by atoms with van der Waals surface area (Å²) in [4.78, 5) is 46.9. The van der Waals surface area contributed by atoms with Gasteiger partial charge in [-0.2, -0.15) is 0 Å². The molecule has 0 radical (unpaired) electrons. The molecule has 4 rings (SSSR count). The van der Waals surface area contributed by atoms with Gasteiger partial charge in [-0.15, -0.1) is 0 Å². The van der Waals surface area contributed by atoms with E-state index in [1.807, 2.05) is 0 Å². The van der Waals surface area contributed by atoms with Crippen LogP contribution in [0.3, 0.4) is 0 Å². The highest BCUT2D eigenvalue weighted by atomic mass is 16.4. The largest absolute Gasteiger partial charge is 0.478 e. The van der Waals surface area contributed by atoms with Crippen LogP contribution in [0.25, 0.3) is 11.1 Å². The summed E-state index contributed by atoms with van der Waals surface area (Å²) in [6.45, 7) is 0. The quantitative estimate of drug-likeness (QED) is 0.285. The van der Waals surface area contributed by atoms with Crippen LogP contribution in [0.1, 0.15) is 41.4 Å². The van der Waals surface area contributed by atoms with E-state index >= 15 is 0 Å². The smallest absolute Gasteiger partial charge is 0.335 e. The van der Waals surface area contributed by atoms with E-state index in [0.717, 1.165) is 11.1 Å². The number of aromatic carboxylic acids is 2. The maximum absolute atomic E-state index is 12.5. The Balaban J connectivity index is 1.38. The highest BCUT2D eigenvalue weighted by Gasteiger charge is 2.10. The summed E-state index contributed by atoms with van der Waals surface area (Å²) < 4.78 is 0. The summed E-state index contributed by atoms with van der Waals surface area (Å²) >= 11 is 0. The number of carboxylic acid groups (broad SMARTS) is 2. The van der Waals surface area contributed by atoms with Crippen LogP contribution in [0.2, 0.25) is 0 Å². The van der Waals surface area contributed by atoms with Crippen LogP contribution in [0, 0.1) is 0 Å². The first-order valence-corrected chi connectivity index (χ1v) is 10.8. The summed E-state index contributed by atoms with van der Waals surface area (Å²) in [6, 6.07) is 25.7. The number of nitrogens with one attached hydrogen (secondary N) is 2. The molecule has 36 heavy (non-hydrogen) atoms. The van der Waals surface area contributed by atoms with E-state index in [9.17, 15) is 19.2 Å². The summed E-state index contributed by atoms with van der Waals surface area (Å²) in [5.41, 5.74) is 3.83. The molecule has 0 saturated heterocycles. The molecule has 4 aromatic rings. The van der Waals surface area contributed by atoms with Crippen LogP contribution in [-0.2, 0) is 0 Å². The fourth-order valence-corrected chi connectivity index (χ4v) is 3.43. The number of rotatable bonds is 7. The first-order chi connectivity index (χ1) is 17.3. The van der Waals surface area contributed by atoms with Crippen molar-refractivity contribution in [2.45, 2.75) is 0 Å². The van der Waals surface area contributed by atoms with Gasteiger partial charge in [0, 0.05) is 22.5 Å². The molecule has 0 spiro atoms. The first-order valence-electron chi connectivity index (χ1n) is 10.8. The Morgan fingerprint density at radius 3 is 0.972 bits per heavy atom. The third kappa shape index (κ3) is 5.63. The molecule has 4 N–H and O–H groups in total. The molecule has 8 nitrogen and oxygen atoms in total. The van der Waals surface area contributed by atoms with Gasteiger partial charge in [0.05, 0.1) is 11.1 Å². The Morgan fingerprint density at radius 1 is 0.417 bits per heavy atom. The maximum Gasteiger partial charge on any atom is 0.335 e. The van der Waals surface area contributed by atoms with Gasteiger partial charge in [0.15, 0.2) is 0 Å². The van der Waals surface area contributed by atoms with E-state index in [1.165, 1.54) is 48.5 Å². The summed E-state index contributed by atoms with van der Waals surface area (Å²) in [7, 11) is 0. The van der Waals surface area contributed by atoms with E-state index in [1.54, 1.807) is 48.5 Å². The van der Waals surface area contributed by atoms with Gasteiger partial charge in [-0.25, -0.2) is 9.59 Å². The second-order valence-corrected chi connectivity index (χ2v) is 7.83. The number of amides is 2. The second-order valence-electron chi connectivity index (χ2n) is 7.83. The fraction of sp³-hybridized carbons (Fsp3) is 0. The van der Waals surface area contributed by atoms with E-state index < -0.39 is 11.9 Å². The van der Waals surface area contributed by atoms with Crippen molar-refractivity contribution < 1.29 is 29.4 Å². The maximum atomic E-state index is 12.5. The van der Waals surface area contributed by atoms with Gasteiger partial charge in [-0.3, -0.25) is 9.59 Å². The van der Waals surface area contributed by atoms with Crippen LogP contribution in [0.5, 0.6) is 0 Å². The predicted molar refractivity (Wildman–Crippen MR) is 135 cm³/mol. The van der Waals surface area contributed by atoms with Crippen molar-refractivity contribution in [1.82, 2.24) is 0 Å². The van der Waals surface area contributed by atoms with Crippen molar-refractivity contribution in [3.8, 4) is 11.1 Å². The Hall–Kier alpha value is -5.24. The lowest BCUT2D eigenvalue weighted by Gasteiger charge is -2.08. The SMILES string of the molecule is O=C(O)c1ccc(NC(=O)c2ccc(-c3ccc(C(=O)Nc4ccc(C(=O)O)cc4)cc3)cc2)cc1. The lowest BCUT2D eigenvalue weighted by Crippen LogP contribution is -2.12. The average Bonchev–Trinajstić information content (AvgIpc) is 2.89. The Bertz CT molecular complexity index is 1310. The van der Waals surface area contributed by atoms with Crippen molar-refractivity contribution in [2.75, 3.05) is 10.6 Å². The van der Waals surface area contributed by atoms with Gasteiger partial charge in [0.2, 0.25) is 0 Å². The number of carbonyl (C=O) groups is 4. The van der Waals surface area contributed by atoms with Gasteiger partial charge in [-0.1, -0.05) is 24.3 Å². The molecule has 4 aromatic carbocycles. The van der Waals surface area contributed by atoms with Crippen molar-refractivity contribution in [2.24, 2.45) is 0 Å². The zero-order valence-electron chi connectivity index (χ0n) is 18.8. The number of carboxylic acids is 2. The number of hydrogen-bond acceptors (Lipinski definition) is 4. The summed E-state index contributed by atoms with van der Waals surface area (Å²) in [5, 5.41) is 23.4. The van der Waals surface area contributed by atoms with Crippen LogP contribution in [0.15, 0.2) is 97.1 Å². The zero-order chi connectivity index (χ0) is 25.7. The predicted octanol–water partition coefficient (Wildman–Crippen LogP) is 5.25. The van der Waals surface area contributed by atoms with Crippen molar-refractivity contribution in [1.29, 1.82) is 0 Å². The van der Waals surface area contributed by atoms with E-state index in [0.29, 0.717) is 22.5 Å². The zero-order valence-corrected chi connectivity index (χ0v) is 18.8. The molecule has 0 aliphatic heterocycles. The number of hydrogen-bond donors (Lipinski definition) is 4. The van der Waals surface area contributed by atoms with Gasteiger partial charge in [-0.05, 0) is 83.9 Å². The normalized spacial score (nSPS) is 10.3. The minimum atomic E-state index is -1.04. The lowest BCUT2D eigenvalue weighted by molar-refractivity contribution is 0.0686. The molecule has 2 amide bonds. The first kappa shape index (κ1) is 23.9. The van der Waals surface area contributed by atoms with E-state index in [-0.39, 0.29) is 22.9 Å². The molecule has 0 fully saturated rings. The van der Waals surface area contributed by atoms with Gasteiger partial charge in [0.25, 0.3) is 11.8 Å². The lowest BCUT2D eigenvalue weighted by atomic mass is 10.0. The summed E-state index contributed by atoms with van der Waals surface area (Å²) in [5.74, 6) is -2.73. The van der Waals surface area contributed by atoms with Crippen molar-refractivity contribution >= 4 is 35.1 Å². The number of anilines is 2. The summed E-state index contributed by atoms with van der Waals surface area (Å²) in [6.07, 6.45) is 0. The van der Waals surface area contributed by atoms with E-state index in [4.69, 9.17) is 10.2 Å². The number of carbonyl (C=O) groups excluding carboxylic acids is 2. The van der Waals surface area contributed by atoms with Gasteiger partial charge < -0.3 is 20.8 Å². The monoisotopic (exact) mass is 480 g/mol. The van der Waals surface area contributed by atoms with E-state index in [2.05, 4.69) is 10.6 Å². The Kier molecular flexibility index (Phi) is 6.87. The molecule has 0 unspecified atom stereocenters. The molecule has 178 valence electrons. The molecular weight excluding hydrogens is 460 g/mol. The minimum Gasteiger partial charge on any atom is -0.478 e. The van der Waals surface area contributed by atoms with Crippen LogP contribution in [0.4, 0.5) is 11.4 Å². The van der Waals surface area contributed by atoms with Crippen LogP contribution < -0.4 is 10.6 Å². The topological polar surface area (TPSA) is 133 Å². The van der Waals surface area contributed by atoms with Crippen LogP contribution >= 0.6 is 0 Å². The standard InChI is InChI=1S/C28H20N2O6/c31-25(29-23-13-9-21(10-14-23)27(33)34)19-5-1-17(2-6-19)18-3-7-20(8-4-18)26(32)30-24-15-11-22(12-16-24)28(35)36/h1-16H,(H,29,31)(H,30,32)(H,33,34)(H,35,36). The third-order valence-corrected chi connectivity index (χ3v) is 5.41.